The molecule has 3 aromatic rings. The topological polar surface area (TPSA) is 192 Å². The lowest BCUT2D eigenvalue weighted by Crippen LogP contribution is -2.46. The molecule has 4 aliphatic rings. The van der Waals surface area contributed by atoms with E-state index in [4.69, 9.17) is 16.6 Å². The van der Waals surface area contributed by atoms with E-state index in [1.54, 1.807) is 24.4 Å². The largest absolute Gasteiger partial charge is 0.353 e. The highest BCUT2D eigenvalue weighted by Gasteiger charge is 2.39. The van der Waals surface area contributed by atoms with Gasteiger partial charge >= 0.3 is 0 Å². The highest BCUT2D eigenvalue weighted by molar-refractivity contribution is 6.33. The van der Waals surface area contributed by atoms with Gasteiger partial charge in [0.2, 0.25) is 29.6 Å². The molecule has 2 aliphatic carbocycles. The van der Waals surface area contributed by atoms with Crippen LogP contribution in [0.15, 0.2) is 30.6 Å². The first-order chi connectivity index (χ1) is 27.6. The second kappa shape index (κ2) is 18.6. The Morgan fingerprint density at radius 1 is 0.930 bits per heavy atom. The number of unbranched alkanes of at least 4 members (excludes halogenated alkanes) is 3. The fraction of sp³-hybridized carbons (Fsp3) is 0.561. The molecule has 5 amide bonds. The van der Waals surface area contributed by atoms with Crippen LogP contribution in [0.4, 0.5) is 11.6 Å². The molecule has 304 valence electrons. The number of carbonyl (C=O) groups excluding carboxylic acids is 5. The summed E-state index contributed by atoms with van der Waals surface area (Å²) in [5.74, 6) is 0.0856. The number of nitrogens with zero attached hydrogens (tertiary/aromatic N) is 5. The van der Waals surface area contributed by atoms with Gasteiger partial charge in [0.05, 0.1) is 29.7 Å². The second-order valence-electron chi connectivity index (χ2n) is 15.9. The Morgan fingerprint density at radius 3 is 2.53 bits per heavy atom. The number of benzene rings is 1. The van der Waals surface area contributed by atoms with Gasteiger partial charge in [0.25, 0.3) is 5.91 Å². The van der Waals surface area contributed by atoms with Crippen LogP contribution < -0.4 is 26.6 Å². The van der Waals surface area contributed by atoms with Crippen LogP contribution in [0.5, 0.6) is 0 Å². The average Bonchev–Trinajstić information content (AvgIpc) is 3.90. The van der Waals surface area contributed by atoms with Crippen LogP contribution in [0.2, 0.25) is 5.02 Å². The van der Waals surface area contributed by atoms with Gasteiger partial charge in [-0.3, -0.25) is 34.0 Å². The van der Waals surface area contributed by atoms with Gasteiger partial charge in [-0.25, -0.2) is 9.97 Å². The molecule has 57 heavy (non-hydrogen) atoms. The number of anilines is 2. The molecule has 0 unspecified atom stereocenters. The predicted octanol–water partition coefficient (Wildman–Crippen LogP) is 4.65. The third-order valence-electron chi connectivity index (χ3n) is 11.6. The predicted molar refractivity (Wildman–Crippen MR) is 215 cm³/mol. The highest BCUT2D eigenvalue weighted by atomic mass is 35.5. The number of aryl methyl sites for hydroxylation is 1. The van der Waals surface area contributed by atoms with Crippen molar-refractivity contribution >= 4 is 52.8 Å². The molecule has 16 heteroatoms. The summed E-state index contributed by atoms with van der Waals surface area (Å²) in [6.07, 6.45) is 15.8. The number of nitrogens with one attached hydrogen (secondary N) is 5. The third kappa shape index (κ3) is 10.4. The monoisotopic (exact) mass is 800 g/mol. The van der Waals surface area contributed by atoms with Crippen LogP contribution in [0, 0.1) is 5.92 Å². The average molecular weight is 801 g/mol. The number of rotatable bonds is 17. The number of hydrogen-bond acceptors (Lipinski definition) is 10. The summed E-state index contributed by atoms with van der Waals surface area (Å²) in [7, 11) is 1.97. The minimum atomic E-state index is -0.722. The van der Waals surface area contributed by atoms with E-state index in [2.05, 4.69) is 36.7 Å². The van der Waals surface area contributed by atoms with Crippen molar-refractivity contribution in [3.05, 3.63) is 52.4 Å². The van der Waals surface area contributed by atoms with Crippen molar-refractivity contribution in [2.45, 2.75) is 121 Å². The number of amides is 5. The van der Waals surface area contributed by atoms with Crippen molar-refractivity contribution in [3.8, 4) is 11.3 Å². The first kappa shape index (κ1) is 40.3. The zero-order valence-corrected chi connectivity index (χ0v) is 33.3. The van der Waals surface area contributed by atoms with Gasteiger partial charge in [-0.05, 0) is 95.2 Å². The van der Waals surface area contributed by atoms with Crippen LogP contribution in [0.25, 0.3) is 11.3 Å². The number of halogens is 1. The Balaban J connectivity index is 0.748. The Labute approximate surface area is 337 Å². The summed E-state index contributed by atoms with van der Waals surface area (Å²) in [6, 6.07) is 4.83. The number of hydrogen-bond donors (Lipinski definition) is 5. The Hall–Kier alpha value is -4.89. The van der Waals surface area contributed by atoms with Crippen molar-refractivity contribution in [2.24, 2.45) is 13.0 Å². The molecule has 1 aromatic carbocycles. The summed E-state index contributed by atoms with van der Waals surface area (Å²) >= 11 is 6.56. The normalized spacial score (nSPS) is 20.8. The maximum atomic E-state index is 13.2. The van der Waals surface area contributed by atoms with E-state index in [1.165, 1.54) is 17.7 Å². The summed E-state index contributed by atoms with van der Waals surface area (Å²) in [4.78, 5) is 73.7. The summed E-state index contributed by atoms with van der Waals surface area (Å²) in [5, 5.41) is 20.2. The van der Waals surface area contributed by atoms with Gasteiger partial charge < -0.3 is 26.2 Å². The molecule has 3 fully saturated rings. The summed E-state index contributed by atoms with van der Waals surface area (Å²) < 4.78 is 1.92. The van der Waals surface area contributed by atoms with Crippen LogP contribution in [-0.4, -0.2) is 85.4 Å². The third-order valence-corrected chi connectivity index (χ3v) is 11.8. The van der Waals surface area contributed by atoms with Gasteiger partial charge in [-0.2, -0.15) is 5.10 Å². The molecule has 2 aromatic heterocycles. The highest BCUT2D eigenvalue weighted by Crippen LogP contribution is 2.37. The van der Waals surface area contributed by atoms with Gasteiger partial charge in [-0.15, -0.1) is 0 Å². The molecule has 1 saturated heterocycles. The van der Waals surface area contributed by atoms with E-state index >= 15 is 0 Å². The fourth-order valence-corrected chi connectivity index (χ4v) is 8.36. The SMILES string of the molecule is Cn1ncc(-c2nc(NC3CCC(NC(=O)CCCCCCNCC(=O)Nc4cccc5c4CN([C@H]4CCCC(=O)NC4=O)C5=O)CC3)ncc2Cl)c1CC1CC1. The number of imide groups is 1. The second-order valence-corrected chi connectivity index (χ2v) is 16.3. The van der Waals surface area contributed by atoms with E-state index in [-0.39, 0.29) is 55.2 Å². The van der Waals surface area contributed by atoms with Gasteiger partial charge in [0.15, 0.2) is 0 Å². The lowest BCUT2D eigenvalue weighted by molar-refractivity contribution is -0.132. The molecule has 4 heterocycles. The van der Waals surface area contributed by atoms with Crippen LogP contribution in [0.1, 0.15) is 112 Å². The number of fused-ring (bicyclic) bond motifs is 1. The zero-order chi connectivity index (χ0) is 39.9. The first-order valence-corrected chi connectivity index (χ1v) is 20.9. The molecule has 1 atom stereocenters. The maximum Gasteiger partial charge on any atom is 0.255 e. The van der Waals surface area contributed by atoms with Crippen LogP contribution >= 0.6 is 11.6 Å². The van der Waals surface area contributed by atoms with E-state index in [0.717, 1.165) is 69.0 Å². The minimum absolute atomic E-state index is 0.0928. The molecule has 0 radical (unpaired) electrons. The van der Waals surface area contributed by atoms with Gasteiger partial charge in [-0.1, -0.05) is 30.5 Å². The fourth-order valence-electron chi connectivity index (χ4n) is 8.16. The molecule has 15 nitrogen and oxygen atoms in total. The zero-order valence-electron chi connectivity index (χ0n) is 32.6. The molecule has 0 bridgehead atoms. The summed E-state index contributed by atoms with van der Waals surface area (Å²) in [6.45, 7) is 0.978. The van der Waals surface area contributed by atoms with E-state index in [1.807, 2.05) is 17.9 Å². The van der Waals surface area contributed by atoms with E-state index in [9.17, 15) is 24.0 Å². The Bertz CT molecular complexity index is 1970. The van der Waals surface area contributed by atoms with Crippen molar-refractivity contribution in [1.82, 2.24) is 40.6 Å². The quantitative estimate of drug-likeness (QED) is 0.0949. The Morgan fingerprint density at radius 2 is 1.72 bits per heavy atom. The smallest absolute Gasteiger partial charge is 0.255 e. The van der Waals surface area contributed by atoms with Crippen LogP contribution in [-0.2, 0) is 39.2 Å². The molecule has 0 spiro atoms. The van der Waals surface area contributed by atoms with Crippen molar-refractivity contribution < 1.29 is 24.0 Å². The Kier molecular flexibility index (Phi) is 13.1. The standard InChI is InChI=1S/C41H53ClN10O5/c1-51-34(20-25-13-14-25)29(21-45-51)38-31(42)22-44-41(50-38)47-27-17-15-26(16-18-27)46-35(53)11-4-2-3-5-19-43-23-37(55)48-32-9-6-8-28-30(32)24-52(40(28)57)33-10-7-12-36(54)49-39(33)56/h6,8-9,21-22,25-27,33,43H,2-5,7,10-20,23-24H2,1H3,(H,46,53)(H,48,55)(H,44,47,50)(H,49,54,56)/t26?,27?,33-/m0/s1. The lowest BCUT2D eigenvalue weighted by atomic mass is 9.91. The van der Waals surface area contributed by atoms with Crippen molar-refractivity contribution in [1.29, 1.82) is 0 Å². The van der Waals surface area contributed by atoms with Crippen LogP contribution in [0.3, 0.4) is 0 Å². The number of aromatic nitrogens is 4. The molecule has 7 rings (SSSR count). The summed E-state index contributed by atoms with van der Waals surface area (Å²) in [5.41, 5.74) is 4.51. The minimum Gasteiger partial charge on any atom is -0.353 e. The molecule has 5 N–H and O–H groups in total. The van der Waals surface area contributed by atoms with Gasteiger partial charge in [0, 0.05) is 66.6 Å². The van der Waals surface area contributed by atoms with Crippen molar-refractivity contribution in [3.63, 3.8) is 0 Å². The van der Waals surface area contributed by atoms with Gasteiger partial charge in [0.1, 0.15) is 6.04 Å². The lowest BCUT2D eigenvalue weighted by Gasteiger charge is -2.29. The maximum absolute atomic E-state index is 13.2. The molecule has 2 saturated carbocycles. The molecule has 2 aliphatic heterocycles. The molecular formula is C41H53ClN10O5. The van der Waals surface area contributed by atoms with Crippen molar-refractivity contribution in [2.75, 3.05) is 23.7 Å². The molecular weight excluding hydrogens is 748 g/mol. The van der Waals surface area contributed by atoms with E-state index in [0.29, 0.717) is 65.2 Å². The van der Waals surface area contributed by atoms with E-state index < -0.39 is 11.9 Å². The number of carbonyl (C=O) groups is 5. The first-order valence-electron chi connectivity index (χ1n) is 20.5.